The van der Waals surface area contributed by atoms with Crippen LogP contribution < -0.4 is 5.73 Å². The largest absolute Gasteiger partial charge is 0.387 e. The van der Waals surface area contributed by atoms with Crippen LogP contribution in [-0.2, 0) is 11.8 Å². The SMILES string of the molecule is Cc1cc(C(C)(C)C)cc(C)c1CC(N)=NC(C)(C)C. The fourth-order valence-electron chi connectivity index (χ4n) is 2.36. The van der Waals surface area contributed by atoms with E-state index >= 15 is 0 Å². The lowest BCUT2D eigenvalue weighted by atomic mass is 9.83. The van der Waals surface area contributed by atoms with Crippen molar-refractivity contribution < 1.29 is 0 Å². The molecule has 0 fully saturated rings. The highest BCUT2D eigenvalue weighted by molar-refractivity contribution is 5.83. The molecule has 20 heavy (non-hydrogen) atoms. The molecule has 2 nitrogen and oxygen atoms in total. The van der Waals surface area contributed by atoms with Crippen LogP contribution in [0, 0.1) is 13.8 Å². The minimum absolute atomic E-state index is 0.114. The van der Waals surface area contributed by atoms with Crippen molar-refractivity contribution in [2.24, 2.45) is 10.7 Å². The van der Waals surface area contributed by atoms with Gasteiger partial charge in [0.25, 0.3) is 0 Å². The zero-order valence-corrected chi connectivity index (χ0v) is 14.4. The maximum Gasteiger partial charge on any atom is 0.0988 e. The van der Waals surface area contributed by atoms with Crippen molar-refractivity contribution in [2.45, 2.75) is 72.8 Å². The molecule has 0 aliphatic carbocycles. The Bertz CT molecular complexity index is 488. The van der Waals surface area contributed by atoms with Gasteiger partial charge in [-0.15, -0.1) is 0 Å². The Kier molecular flexibility index (Phi) is 4.68. The predicted molar refractivity (Wildman–Crippen MR) is 89.7 cm³/mol. The Morgan fingerprint density at radius 1 is 1.00 bits per heavy atom. The first-order chi connectivity index (χ1) is 8.90. The molecule has 0 aromatic heterocycles. The Morgan fingerprint density at radius 2 is 1.45 bits per heavy atom. The molecule has 0 amide bonds. The third kappa shape index (κ3) is 4.66. The summed E-state index contributed by atoms with van der Waals surface area (Å²) >= 11 is 0. The van der Waals surface area contributed by atoms with Crippen LogP contribution in [0.4, 0.5) is 0 Å². The van der Waals surface area contributed by atoms with Gasteiger partial charge >= 0.3 is 0 Å². The normalized spacial score (nSPS) is 13.7. The highest BCUT2D eigenvalue weighted by Gasteiger charge is 2.17. The smallest absolute Gasteiger partial charge is 0.0988 e. The Balaban J connectivity index is 3.13. The highest BCUT2D eigenvalue weighted by Crippen LogP contribution is 2.27. The van der Waals surface area contributed by atoms with Crippen molar-refractivity contribution in [3.63, 3.8) is 0 Å². The van der Waals surface area contributed by atoms with Crippen molar-refractivity contribution in [1.82, 2.24) is 0 Å². The molecule has 112 valence electrons. The molecule has 0 unspecified atom stereocenters. The zero-order chi connectivity index (χ0) is 15.7. The van der Waals surface area contributed by atoms with E-state index in [1.165, 1.54) is 22.3 Å². The summed E-state index contributed by atoms with van der Waals surface area (Å²) in [5.74, 6) is 0.715. The second-order valence-corrected chi connectivity index (χ2v) is 7.79. The van der Waals surface area contributed by atoms with E-state index in [9.17, 15) is 0 Å². The van der Waals surface area contributed by atoms with E-state index in [0.717, 1.165) is 6.42 Å². The fourth-order valence-corrected chi connectivity index (χ4v) is 2.36. The number of rotatable bonds is 2. The van der Waals surface area contributed by atoms with E-state index in [1.54, 1.807) is 0 Å². The van der Waals surface area contributed by atoms with Crippen molar-refractivity contribution in [1.29, 1.82) is 0 Å². The molecule has 0 saturated heterocycles. The molecule has 0 spiro atoms. The van der Waals surface area contributed by atoms with Gasteiger partial charge in [-0.3, -0.25) is 4.99 Å². The van der Waals surface area contributed by atoms with Gasteiger partial charge in [0.1, 0.15) is 0 Å². The quantitative estimate of drug-likeness (QED) is 0.634. The first-order valence-electron chi connectivity index (χ1n) is 7.35. The van der Waals surface area contributed by atoms with Crippen molar-refractivity contribution in [2.75, 3.05) is 0 Å². The van der Waals surface area contributed by atoms with Crippen LogP contribution >= 0.6 is 0 Å². The molecule has 2 heteroatoms. The number of nitrogens with zero attached hydrogens (tertiary/aromatic N) is 1. The number of aryl methyl sites for hydroxylation is 2. The second kappa shape index (κ2) is 5.59. The maximum atomic E-state index is 6.10. The molecule has 0 heterocycles. The first kappa shape index (κ1) is 16.7. The molecule has 2 N–H and O–H groups in total. The van der Waals surface area contributed by atoms with Crippen LogP contribution in [0.15, 0.2) is 17.1 Å². The molecule has 0 aliphatic heterocycles. The minimum atomic E-state index is -0.114. The lowest BCUT2D eigenvalue weighted by Gasteiger charge is -2.22. The van der Waals surface area contributed by atoms with Crippen molar-refractivity contribution in [3.8, 4) is 0 Å². The molecule has 0 saturated carbocycles. The van der Waals surface area contributed by atoms with Gasteiger partial charge in [-0.1, -0.05) is 32.9 Å². The molecular formula is C18H30N2. The van der Waals surface area contributed by atoms with E-state index in [1.807, 2.05) is 0 Å². The monoisotopic (exact) mass is 274 g/mol. The van der Waals surface area contributed by atoms with Gasteiger partial charge in [-0.2, -0.15) is 0 Å². The van der Waals surface area contributed by atoms with Crippen LogP contribution in [0.2, 0.25) is 0 Å². The third-order valence-corrected chi connectivity index (χ3v) is 3.40. The predicted octanol–water partition coefficient (Wildman–Crippen LogP) is 4.30. The van der Waals surface area contributed by atoms with E-state index in [0.29, 0.717) is 5.84 Å². The molecule has 1 aromatic rings. The van der Waals surface area contributed by atoms with Gasteiger partial charge in [-0.05, 0) is 62.3 Å². The van der Waals surface area contributed by atoms with Crippen molar-refractivity contribution >= 4 is 5.84 Å². The number of benzene rings is 1. The van der Waals surface area contributed by atoms with Crippen LogP contribution in [0.5, 0.6) is 0 Å². The van der Waals surface area contributed by atoms with Crippen LogP contribution in [0.25, 0.3) is 0 Å². The summed E-state index contributed by atoms with van der Waals surface area (Å²) in [6.07, 6.45) is 0.735. The minimum Gasteiger partial charge on any atom is -0.387 e. The van der Waals surface area contributed by atoms with Crippen LogP contribution in [-0.4, -0.2) is 11.4 Å². The van der Waals surface area contributed by atoms with Gasteiger partial charge in [-0.25, -0.2) is 0 Å². The van der Waals surface area contributed by atoms with Crippen molar-refractivity contribution in [3.05, 3.63) is 34.4 Å². The summed E-state index contributed by atoms with van der Waals surface area (Å²) in [5, 5.41) is 0. The first-order valence-corrected chi connectivity index (χ1v) is 7.35. The average Bonchev–Trinajstić information content (AvgIpc) is 2.19. The molecule has 0 atom stereocenters. The molecule has 0 radical (unpaired) electrons. The summed E-state index contributed by atoms with van der Waals surface area (Å²) < 4.78 is 0. The molecule has 1 aromatic carbocycles. The maximum absolute atomic E-state index is 6.10. The zero-order valence-electron chi connectivity index (χ0n) is 14.4. The van der Waals surface area contributed by atoms with Gasteiger partial charge in [0, 0.05) is 6.42 Å². The summed E-state index contributed by atoms with van der Waals surface area (Å²) in [7, 11) is 0. The fraction of sp³-hybridized carbons (Fsp3) is 0.611. The molecular weight excluding hydrogens is 244 g/mol. The summed E-state index contributed by atoms with van der Waals surface area (Å²) in [4.78, 5) is 4.55. The number of hydrogen-bond acceptors (Lipinski definition) is 1. The Labute approximate surface area is 124 Å². The van der Waals surface area contributed by atoms with Crippen LogP contribution in [0.1, 0.15) is 63.8 Å². The number of aliphatic imine (C=N–C) groups is 1. The molecule has 0 aliphatic rings. The van der Waals surface area contributed by atoms with E-state index in [4.69, 9.17) is 5.73 Å². The summed E-state index contributed by atoms with van der Waals surface area (Å²) in [6, 6.07) is 4.57. The van der Waals surface area contributed by atoms with Crippen LogP contribution in [0.3, 0.4) is 0 Å². The standard InChI is InChI=1S/C18H30N2/c1-12-9-14(17(3,4)5)10-13(2)15(12)11-16(19)20-18(6,7)8/h9-10H,11H2,1-8H3,(H2,19,20). The van der Waals surface area contributed by atoms with E-state index in [2.05, 4.69) is 72.5 Å². The van der Waals surface area contributed by atoms with E-state index in [-0.39, 0.29) is 11.0 Å². The molecule has 0 bridgehead atoms. The third-order valence-electron chi connectivity index (χ3n) is 3.40. The number of nitrogens with two attached hydrogens (primary N) is 1. The Hall–Kier alpha value is -1.31. The average molecular weight is 274 g/mol. The summed E-state index contributed by atoms with van der Waals surface area (Å²) in [6.45, 7) is 17.3. The van der Waals surface area contributed by atoms with Gasteiger partial charge < -0.3 is 5.73 Å². The van der Waals surface area contributed by atoms with E-state index < -0.39 is 0 Å². The number of amidine groups is 1. The topological polar surface area (TPSA) is 38.4 Å². The lowest BCUT2D eigenvalue weighted by Crippen LogP contribution is -2.23. The van der Waals surface area contributed by atoms with Gasteiger partial charge in [0.2, 0.25) is 0 Å². The lowest BCUT2D eigenvalue weighted by molar-refractivity contribution is 0.581. The Morgan fingerprint density at radius 3 is 1.80 bits per heavy atom. The number of hydrogen-bond donors (Lipinski definition) is 1. The summed E-state index contributed by atoms with van der Waals surface area (Å²) in [5.41, 5.74) is 11.5. The molecule has 1 rings (SSSR count). The highest BCUT2D eigenvalue weighted by atomic mass is 14.9. The van der Waals surface area contributed by atoms with Gasteiger partial charge in [0.05, 0.1) is 11.4 Å². The second-order valence-electron chi connectivity index (χ2n) is 7.79. The van der Waals surface area contributed by atoms with Gasteiger partial charge in [0.15, 0.2) is 0 Å².